The monoisotopic (exact) mass is 304 g/mol. The number of hydrogen-bond acceptors (Lipinski definition) is 8. The summed E-state index contributed by atoms with van der Waals surface area (Å²) in [5.41, 5.74) is 0.0453. The van der Waals surface area contributed by atoms with Gasteiger partial charge in [-0.2, -0.15) is 0 Å². The van der Waals surface area contributed by atoms with Crippen LogP contribution in [0.1, 0.15) is 28.3 Å². The van der Waals surface area contributed by atoms with Crippen molar-refractivity contribution in [3.05, 3.63) is 28.7 Å². The van der Waals surface area contributed by atoms with Crippen molar-refractivity contribution in [2.45, 2.75) is 12.3 Å². The Morgan fingerprint density at radius 2 is 1.82 bits per heavy atom. The van der Waals surface area contributed by atoms with Gasteiger partial charge in [0.1, 0.15) is 0 Å². The quantitative estimate of drug-likeness (QED) is 0.361. The molecule has 0 fully saturated rings. The first kappa shape index (κ1) is 12.7. The van der Waals surface area contributed by atoms with Crippen LogP contribution in [0.3, 0.4) is 0 Å². The fraction of sp³-hybridized carbons (Fsp3) is 0.214. The van der Waals surface area contributed by atoms with E-state index < -0.39 is 46.8 Å². The van der Waals surface area contributed by atoms with Gasteiger partial charge in [0.05, 0.1) is 17.4 Å². The third kappa shape index (κ3) is 1.33. The highest BCUT2D eigenvalue weighted by Gasteiger charge is 2.53. The molecule has 2 aliphatic heterocycles. The minimum Gasteiger partial charge on any atom is -0.504 e. The number of aliphatic hydroxyl groups excluding tert-OH is 1. The average Bonchev–Trinajstić information content (AvgIpc) is 2.47. The van der Waals surface area contributed by atoms with E-state index in [1.54, 1.807) is 0 Å². The number of benzene rings is 1. The number of esters is 2. The number of aliphatic hydroxyl groups is 1. The van der Waals surface area contributed by atoms with Crippen LogP contribution in [-0.4, -0.2) is 33.0 Å². The second-order valence-corrected chi connectivity index (χ2v) is 5.27. The van der Waals surface area contributed by atoms with Crippen molar-refractivity contribution in [2.24, 2.45) is 5.92 Å². The molecule has 112 valence electrons. The van der Waals surface area contributed by atoms with Crippen LogP contribution >= 0.6 is 0 Å². The number of phenolic OH excluding ortho intramolecular Hbond substituents is 2. The lowest BCUT2D eigenvalue weighted by molar-refractivity contribution is -0.144. The lowest BCUT2D eigenvalue weighted by atomic mass is 9.72. The van der Waals surface area contributed by atoms with Gasteiger partial charge in [0, 0.05) is 12.0 Å². The molecule has 0 amide bonds. The van der Waals surface area contributed by atoms with Crippen molar-refractivity contribution in [2.75, 3.05) is 0 Å². The van der Waals surface area contributed by atoms with E-state index in [-0.39, 0.29) is 29.1 Å². The third-order valence-electron chi connectivity index (χ3n) is 4.10. The van der Waals surface area contributed by atoms with Gasteiger partial charge in [-0.05, 0) is 6.07 Å². The van der Waals surface area contributed by atoms with Crippen molar-refractivity contribution in [1.82, 2.24) is 0 Å². The Balaban J connectivity index is 2.11. The predicted octanol–water partition coefficient (Wildman–Crippen LogP) is 0.629. The van der Waals surface area contributed by atoms with Crippen molar-refractivity contribution >= 4 is 17.7 Å². The molecule has 4 rings (SSSR count). The maximum atomic E-state index is 12.1. The van der Waals surface area contributed by atoms with Gasteiger partial charge in [-0.15, -0.1) is 0 Å². The number of rotatable bonds is 0. The SMILES string of the molecule is O=C1C[C@H]2C(=O)Oc3c(O)c(O)cc4c3[C@H]2C(=C1O)OC4=O. The maximum absolute atomic E-state index is 12.1. The molecular weight excluding hydrogens is 296 g/mol. The molecule has 0 saturated heterocycles. The van der Waals surface area contributed by atoms with E-state index in [2.05, 4.69) is 0 Å². The van der Waals surface area contributed by atoms with Crippen molar-refractivity contribution < 1.29 is 39.2 Å². The van der Waals surface area contributed by atoms with Gasteiger partial charge in [0.2, 0.25) is 11.5 Å². The van der Waals surface area contributed by atoms with E-state index in [1.165, 1.54) is 0 Å². The summed E-state index contributed by atoms with van der Waals surface area (Å²) in [6, 6.07) is 0.997. The first-order chi connectivity index (χ1) is 10.4. The number of phenols is 2. The molecule has 2 atom stereocenters. The molecule has 0 aromatic heterocycles. The number of ether oxygens (including phenoxy) is 2. The second-order valence-electron chi connectivity index (χ2n) is 5.27. The number of carbonyl (C=O) groups is 3. The van der Waals surface area contributed by atoms with E-state index in [0.717, 1.165) is 6.07 Å². The van der Waals surface area contributed by atoms with Gasteiger partial charge in [-0.3, -0.25) is 9.59 Å². The Hall–Kier alpha value is -3.03. The van der Waals surface area contributed by atoms with E-state index in [4.69, 9.17) is 9.47 Å². The molecule has 0 radical (unpaired) electrons. The predicted molar refractivity (Wildman–Crippen MR) is 66.3 cm³/mol. The van der Waals surface area contributed by atoms with Gasteiger partial charge in [0.25, 0.3) is 0 Å². The molecule has 1 aromatic carbocycles. The molecule has 0 saturated carbocycles. The third-order valence-corrected chi connectivity index (χ3v) is 4.10. The number of ketones is 1. The second kappa shape index (κ2) is 3.79. The molecule has 22 heavy (non-hydrogen) atoms. The van der Waals surface area contributed by atoms with Gasteiger partial charge < -0.3 is 24.8 Å². The fourth-order valence-electron chi connectivity index (χ4n) is 3.11. The zero-order valence-corrected chi connectivity index (χ0v) is 10.8. The van der Waals surface area contributed by atoms with Gasteiger partial charge in [-0.25, -0.2) is 4.79 Å². The molecule has 8 heteroatoms. The Labute approximate surface area is 122 Å². The molecule has 0 spiro atoms. The summed E-state index contributed by atoms with van der Waals surface area (Å²) in [6.45, 7) is 0. The van der Waals surface area contributed by atoms with Crippen LogP contribution in [0, 0.1) is 5.92 Å². The Morgan fingerprint density at radius 3 is 2.55 bits per heavy atom. The molecule has 8 nitrogen and oxygen atoms in total. The average molecular weight is 304 g/mol. The van der Waals surface area contributed by atoms with Crippen LogP contribution in [0.15, 0.2) is 17.6 Å². The summed E-state index contributed by atoms with van der Waals surface area (Å²) in [6.07, 6.45) is -0.295. The summed E-state index contributed by atoms with van der Waals surface area (Å²) in [5.74, 6) is -7.02. The lowest BCUT2D eigenvalue weighted by Crippen LogP contribution is -2.42. The molecular formula is C14H8O8. The zero-order chi connectivity index (χ0) is 15.8. The van der Waals surface area contributed by atoms with Gasteiger partial charge >= 0.3 is 11.9 Å². The minimum absolute atomic E-state index is 0.0845. The molecule has 0 bridgehead atoms. The summed E-state index contributed by atoms with van der Waals surface area (Å²) in [7, 11) is 0. The largest absolute Gasteiger partial charge is 0.504 e. The van der Waals surface area contributed by atoms with Crippen molar-refractivity contribution in [3.63, 3.8) is 0 Å². The zero-order valence-electron chi connectivity index (χ0n) is 10.8. The molecule has 1 aliphatic carbocycles. The topological polar surface area (TPSA) is 130 Å². The first-order valence-electron chi connectivity index (χ1n) is 6.39. The number of Topliss-reactive ketones (excluding diaryl/α,β-unsaturated/α-hetero) is 1. The highest BCUT2D eigenvalue weighted by Crippen LogP contribution is 2.55. The van der Waals surface area contributed by atoms with Crippen LogP contribution in [0.25, 0.3) is 0 Å². The fourth-order valence-corrected chi connectivity index (χ4v) is 3.11. The van der Waals surface area contributed by atoms with E-state index in [0.29, 0.717) is 0 Å². The van der Waals surface area contributed by atoms with Crippen molar-refractivity contribution in [3.8, 4) is 17.2 Å². The van der Waals surface area contributed by atoms with Crippen molar-refractivity contribution in [1.29, 1.82) is 0 Å². The lowest BCUT2D eigenvalue weighted by Gasteiger charge is -2.38. The Morgan fingerprint density at radius 1 is 1.09 bits per heavy atom. The minimum atomic E-state index is -0.957. The van der Waals surface area contributed by atoms with E-state index >= 15 is 0 Å². The van der Waals surface area contributed by atoms with Crippen LogP contribution in [-0.2, 0) is 14.3 Å². The first-order valence-corrected chi connectivity index (χ1v) is 6.39. The van der Waals surface area contributed by atoms with Gasteiger partial charge in [0.15, 0.2) is 23.0 Å². The highest BCUT2D eigenvalue weighted by molar-refractivity contribution is 6.04. The van der Waals surface area contributed by atoms with Crippen LogP contribution in [0.5, 0.6) is 17.2 Å². The number of aromatic hydroxyl groups is 2. The normalized spacial score (nSPS) is 25.5. The molecule has 3 aliphatic rings. The molecule has 0 unspecified atom stereocenters. The highest BCUT2D eigenvalue weighted by atomic mass is 16.6. The Bertz CT molecular complexity index is 819. The van der Waals surface area contributed by atoms with Crippen LogP contribution in [0.4, 0.5) is 0 Å². The summed E-state index contributed by atoms with van der Waals surface area (Å²) < 4.78 is 9.97. The maximum Gasteiger partial charge on any atom is 0.343 e. The number of hydrogen-bond donors (Lipinski definition) is 3. The molecule has 3 N–H and O–H groups in total. The molecule has 2 heterocycles. The smallest absolute Gasteiger partial charge is 0.343 e. The number of carbonyl (C=O) groups excluding carboxylic acids is 3. The van der Waals surface area contributed by atoms with E-state index in [1.807, 2.05) is 0 Å². The van der Waals surface area contributed by atoms with E-state index in [9.17, 15) is 29.7 Å². The summed E-state index contributed by atoms with van der Waals surface area (Å²) in [4.78, 5) is 35.8. The standard InChI is InChI=1S/C14H8O8/c15-5-1-3-7-8-4(14(20)22-11(7)9(5)17)2-6(16)10(18)12(8)21-13(3)19/h1,4,8,15,17-18H,2H2/t4-,8+/m1/s1. The molecule has 1 aromatic rings. The Kier molecular flexibility index (Phi) is 2.18. The van der Waals surface area contributed by atoms with Gasteiger partial charge in [-0.1, -0.05) is 0 Å². The van der Waals surface area contributed by atoms with Crippen LogP contribution < -0.4 is 4.74 Å². The summed E-state index contributed by atoms with van der Waals surface area (Å²) in [5, 5.41) is 29.3. The van der Waals surface area contributed by atoms with Crippen LogP contribution in [0.2, 0.25) is 0 Å². The summed E-state index contributed by atoms with van der Waals surface area (Å²) >= 11 is 0. The number of allylic oxidation sites excluding steroid dienone is 2.